The van der Waals surface area contributed by atoms with Crippen LogP contribution in [0.5, 0.6) is 0 Å². The van der Waals surface area contributed by atoms with Crippen molar-refractivity contribution in [3.05, 3.63) is 22.8 Å². The molecule has 1 saturated carbocycles. The molecule has 3 nitrogen and oxygen atoms in total. The third-order valence-corrected chi connectivity index (χ3v) is 5.02. The first-order valence-corrected chi connectivity index (χ1v) is 7.78. The van der Waals surface area contributed by atoms with Crippen molar-refractivity contribution in [1.82, 2.24) is 4.98 Å². The van der Waals surface area contributed by atoms with Crippen LogP contribution in [0.3, 0.4) is 0 Å². The summed E-state index contributed by atoms with van der Waals surface area (Å²) < 4.78 is 0. The summed E-state index contributed by atoms with van der Waals surface area (Å²) in [4.78, 5) is 7.04. The number of nitrogens with zero attached hydrogens (tertiary/aromatic N) is 2. The van der Waals surface area contributed by atoms with Gasteiger partial charge in [0, 0.05) is 25.3 Å². The summed E-state index contributed by atoms with van der Waals surface area (Å²) in [5.74, 6) is 1.93. The molecule has 0 bridgehead atoms. The van der Waals surface area contributed by atoms with Gasteiger partial charge < -0.3 is 10.6 Å². The highest BCUT2D eigenvalue weighted by atomic mass is 35.5. The summed E-state index contributed by atoms with van der Waals surface area (Å²) >= 11 is 6.11. The van der Waals surface area contributed by atoms with Crippen LogP contribution in [0.25, 0.3) is 0 Å². The summed E-state index contributed by atoms with van der Waals surface area (Å²) in [7, 11) is 0. The number of halogens is 1. The van der Waals surface area contributed by atoms with E-state index in [4.69, 9.17) is 17.3 Å². The maximum atomic E-state index is 6.11. The third kappa shape index (κ3) is 2.59. The fourth-order valence-electron chi connectivity index (χ4n) is 3.69. The molecule has 4 heteroatoms. The Hall–Kier alpha value is -0.800. The molecule has 19 heavy (non-hydrogen) atoms. The molecule has 2 aliphatic rings. The van der Waals surface area contributed by atoms with Crippen molar-refractivity contribution < 1.29 is 0 Å². The minimum absolute atomic E-state index is 0.482. The maximum absolute atomic E-state index is 6.11. The number of hydrogen-bond donors (Lipinski definition) is 1. The molecular formula is C15H22ClN3. The Morgan fingerprint density at radius 2 is 2.05 bits per heavy atom. The minimum atomic E-state index is 0.482. The van der Waals surface area contributed by atoms with Crippen molar-refractivity contribution in [2.75, 3.05) is 11.4 Å². The molecule has 0 amide bonds. The van der Waals surface area contributed by atoms with E-state index in [2.05, 4.69) is 16.0 Å². The zero-order valence-electron chi connectivity index (χ0n) is 11.3. The van der Waals surface area contributed by atoms with Crippen LogP contribution in [0.1, 0.15) is 44.1 Å². The summed E-state index contributed by atoms with van der Waals surface area (Å²) in [6.45, 7) is 1.61. The molecule has 3 rings (SSSR count). The first-order valence-electron chi connectivity index (χ1n) is 7.40. The molecule has 1 aromatic heterocycles. The van der Waals surface area contributed by atoms with E-state index in [1.807, 2.05) is 0 Å². The standard InChI is InChI=1S/C15H22ClN3/c16-13-10-18-15(8-12(13)9-17)19-7-3-5-11-4-1-2-6-14(11)19/h8,10-11,14H,1-7,9,17H2/t11-,14-/m1/s1. The lowest BCUT2D eigenvalue weighted by Gasteiger charge is -2.44. The Balaban J connectivity index is 1.87. The van der Waals surface area contributed by atoms with Gasteiger partial charge >= 0.3 is 0 Å². The lowest BCUT2D eigenvalue weighted by molar-refractivity contribution is 0.242. The SMILES string of the molecule is NCc1cc(N2CCC[C@H]3CCCC[C@H]32)ncc1Cl. The molecule has 2 atom stereocenters. The predicted octanol–water partition coefficient (Wildman–Crippen LogP) is 3.35. The maximum Gasteiger partial charge on any atom is 0.129 e. The predicted molar refractivity (Wildman–Crippen MR) is 79.5 cm³/mol. The van der Waals surface area contributed by atoms with E-state index in [0.29, 0.717) is 17.6 Å². The number of pyridine rings is 1. The second-order valence-corrected chi connectivity index (χ2v) is 6.19. The van der Waals surface area contributed by atoms with Gasteiger partial charge in [0.25, 0.3) is 0 Å². The van der Waals surface area contributed by atoms with Gasteiger partial charge in [-0.3, -0.25) is 0 Å². The van der Waals surface area contributed by atoms with Gasteiger partial charge in [-0.2, -0.15) is 0 Å². The van der Waals surface area contributed by atoms with Crippen molar-refractivity contribution in [1.29, 1.82) is 0 Å². The summed E-state index contributed by atoms with van der Waals surface area (Å²) in [6.07, 6.45) is 9.88. The quantitative estimate of drug-likeness (QED) is 0.903. The molecule has 104 valence electrons. The number of anilines is 1. The smallest absolute Gasteiger partial charge is 0.129 e. The normalized spacial score (nSPS) is 27.2. The molecule has 0 aromatic carbocycles. The molecule has 1 aromatic rings. The van der Waals surface area contributed by atoms with Gasteiger partial charge in [0.2, 0.25) is 0 Å². The van der Waals surface area contributed by atoms with Gasteiger partial charge in [0.15, 0.2) is 0 Å². The number of piperidine rings is 1. The Labute approximate surface area is 120 Å². The first-order chi connectivity index (χ1) is 9.29. The molecule has 1 aliphatic heterocycles. The fourth-order valence-corrected chi connectivity index (χ4v) is 3.87. The van der Waals surface area contributed by atoms with Gasteiger partial charge in [-0.05, 0) is 43.2 Å². The molecule has 2 heterocycles. The highest BCUT2D eigenvalue weighted by molar-refractivity contribution is 6.31. The number of fused-ring (bicyclic) bond motifs is 1. The number of nitrogens with two attached hydrogens (primary N) is 1. The van der Waals surface area contributed by atoms with Gasteiger partial charge in [0.05, 0.1) is 5.02 Å². The van der Waals surface area contributed by atoms with Crippen LogP contribution in [-0.2, 0) is 6.54 Å². The van der Waals surface area contributed by atoms with Crippen LogP contribution >= 0.6 is 11.6 Å². The monoisotopic (exact) mass is 279 g/mol. The molecule has 2 fully saturated rings. The van der Waals surface area contributed by atoms with E-state index in [9.17, 15) is 0 Å². The van der Waals surface area contributed by atoms with Crippen molar-refractivity contribution in [3.63, 3.8) is 0 Å². The van der Waals surface area contributed by atoms with E-state index in [1.54, 1.807) is 6.20 Å². The van der Waals surface area contributed by atoms with Crippen molar-refractivity contribution in [3.8, 4) is 0 Å². The topological polar surface area (TPSA) is 42.1 Å². The van der Waals surface area contributed by atoms with E-state index in [-0.39, 0.29) is 0 Å². The number of rotatable bonds is 2. The second-order valence-electron chi connectivity index (χ2n) is 5.79. The molecule has 0 radical (unpaired) electrons. The fraction of sp³-hybridized carbons (Fsp3) is 0.667. The largest absolute Gasteiger partial charge is 0.353 e. The lowest BCUT2D eigenvalue weighted by Crippen LogP contribution is -2.47. The van der Waals surface area contributed by atoms with Gasteiger partial charge in [-0.1, -0.05) is 24.4 Å². The van der Waals surface area contributed by atoms with E-state index in [1.165, 1.54) is 38.5 Å². The van der Waals surface area contributed by atoms with E-state index in [0.717, 1.165) is 23.8 Å². The van der Waals surface area contributed by atoms with Gasteiger partial charge in [0.1, 0.15) is 5.82 Å². The van der Waals surface area contributed by atoms with E-state index >= 15 is 0 Å². The Morgan fingerprint density at radius 1 is 1.26 bits per heavy atom. The number of hydrogen-bond acceptors (Lipinski definition) is 3. The highest BCUT2D eigenvalue weighted by Gasteiger charge is 2.33. The summed E-state index contributed by atoms with van der Waals surface area (Å²) in [6, 6.07) is 2.76. The third-order valence-electron chi connectivity index (χ3n) is 4.68. The van der Waals surface area contributed by atoms with Crippen LogP contribution in [0, 0.1) is 5.92 Å². The minimum Gasteiger partial charge on any atom is -0.353 e. The van der Waals surface area contributed by atoms with Crippen LogP contribution < -0.4 is 10.6 Å². The average molecular weight is 280 g/mol. The molecule has 0 unspecified atom stereocenters. The lowest BCUT2D eigenvalue weighted by atomic mass is 9.78. The molecule has 1 saturated heterocycles. The molecular weight excluding hydrogens is 258 g/mol. The summed E-state index contributed by atoms with van der Waals surface area (Å²) in [5, 5.41) is 0.684. The van der Waals surface area contributed by atoms with Gasteiger partial charge in [-0.25, -0.2) is 4.98 Å². The zero-order valence-corrected chi connectivity index (χ0v) is 12.1. The van der Waals surface area contributed by atoms with Crippen molar-refractivity contribution in [2.45, 2.75) is 51.1 Å². The van der Waals surface area contributed by atoms with Gasteiger partial charge in [-0.15, -0.1) is 0 Å². The molecule has 2 N–H and O–H groups in total. The van der Waals surface area contributed by atoms with Crippen molar-refractivity contribution in [2.24, 2.45) is 11.7 Å². The Morgan fingerprint density at radius 3 is 2.89 bits per heavy atom. The molecule has 0 spiro atoms. The second kappa shape index (κ2) is 5.68. The Bertz CT molecular complexity index is 447. The number of aromatic nitrogens is 1. The first kappa shape index (κ1) is 13.2. The average Bonchev–Trinajstić information content (AvgIpc) is 2.47. The van der Waals surface area contributed by atoms with Crippen LogP contribution in [-0.4, -0.2) is 17.6 Å². The van der Waals surface area contributed by atoms with Crippen LogP contribution in [0.4, 0.5) is 5.82 Å². The molecule has 1 aliphatic carbocycles. The van der Waals surface area contributed by atoms with Crippen LogP contribution in [0.15, 0.2) is 12.3 Å². The highest BCUT2D eigenvalue weighted by Crippen LogP contribution is 2.37. The summed E-state index contributed by atoms with van der Waals surface area (Å²) in [5.41, 5.74) is 6.75. The Kier molecular flexibility index (Phi) is 3.94. The zero-order chi connectivity index (χ0) is 13.2. The van der Waals surface area contributed by atoms with E-state index < -0.39 is 0 Å². The van der Waals surface area contributed by atoms with Crippen molar-refractivity contribution >= 4 is 17.4 Å². The van der Waals surface area contributed by atoms with Crippen LogP contribution in [0.2, 0.25) is 5.02 Å².